The van der Waals surface area contributed by atoms with Crippen LogP contribution in [-0.2, 0) is 6.42 Å². The molecule has 0 N–H and O–H groups in total. The highest BCUT2D eigenvalue weighted by Gasteiger charge is 2.23. The van der Waals surface area contributed by atoms with E-state index in [-0.39, 0.29) is 6.10 Å². The van der Waals surface area contributed by atoms with Crippen molar-refractivity contribution in [1.29, 1.82) is 0 Å². The predicted octanol–water partition coefficient (Wildman–Crippen LogP) is 2.76. The Kier molecular flexibility index (Phi) is 1.91. The van der Waals surface area contributed by atoms with Crippen molar-refractivity contribution in [3.8, 4) is 5.75 Å². The number of hydrogen-bond acceptors (Lipinski definition) is 2. The molecule has 0 aliphatic carbocycles. The molecule has 0 bridgehead atoms. The Hall–Kier alpha value is -1.83. The maximum Gasteiger partial charge on any atom is 0.129 e. The average Bonchev–Trinajstić information content (AvgIpc) is 2.74. The quantitative estimate of drug-likeness (QED) is 0.701. The molecule has 0 amide bonds. The summed E-state index contributed by atoms with van der Waals surface area (Å²) in [6.07, 6.45) is 4.74. The second-order valence-corrected chi connectivity index (χ2v) is 3.70. The fourth-order valence-corrected chi connectivity index (χ4v) is 1.93. The van der Waals surface area contributed by atoms with Crippen LogP contribution in [0.3, 0.4) is 0 Å². The van der Waals surface area contributed by atoms with Gasteiger partial charge in [0.1, 0.15) is 11.9 Å². The van der Waals surface area contributed by atoms with Crippen LogP contribution >= 0.6 is 0 Å². The predicted molar refractivity (Wildman–Crippen MR) is 57.8 cm³/mol. The lowest BCUT2D eigenvalue weighted by atomic mass is 10.1. The van der Waals surface area contributed by atoms with Crippen molar-refractivity contribution in [2.75, 3.05) is 0 Å². The van der Waals surface area contributed by atoms with Crippen molar-refractivity contribution in [2.45, 2.75) is 12.5 Å². The molecule has 3 rings (SSSR count). The lowest BCUT2D eigenvalue weighted by Gasteiger charge is -2.09. The summed E-state index contributed by atoms with van der Waals surface area (Å²) < 4.78 is 5.85. The fourth-order valence-electron chi connectivity index (χ4n) is 1.93. The number of pyridine rings is 1. The molecule has 0 saturated heterocycles. The smallest absolute Gasteiger partial charge is 0.129 e. The van der Waals surface area contributed by atoms with Gasteiger partial charge in [-0.1, -0.05) is 24.3 Å². The number of benzene rings is 1. The number of aromatic nitrogens is 1. The molecular formula is C13H11NO. The second kappa shape index (κ2) is 3.39. The highest BCUT2D eigenvalue weighted by atomic mass is 16.5. The van der Waals surface area contributed by atoms with Gasteiger partial charge in [-0.3, -0.25) is 4.98 Å². The van der Waals surface area contributed by atoms with E-state index in [1.54, 1.807) is 6.20 Å². The van der Waals surface area contributed by atoms with Crippen molar-refractivity contribution < 1.29 is 4.74 Å². The van der Waals surface area contributed by atoms with Gasteiger partial charge >= 0.3 is 0 Å². The second-order valence-electron chi connectivity index (χ2n) is 3.70. The molecule has 1 aliphatic rings. The number of hydrogen-bond donors (Lipinski definition) is 0. The van der Waals surface area contributed by atoms with Gasteiger partial charge in [-0.25, -0.2) is 0 Å². The van der Waals surface area contributed by atoms with Crippen LogP contribution < -0.4 is 4.74 Å². The first kappa shape index (κ1) is 8.48. The van der Waals surface area contributed by atoms with Crippen LogP contribution in [0.2, 0.25) is 0 Å². The van der Waals surface area contributed by atoms with Gasteiger partial charge < -0.3 is 4.74 Å². The molecule has 15 heavy (non-hydrogen) atoms. The molecule has 1 aromatic heterocycles. The molecule has 74 valence electrons. The van der Waals surface area contributed by atoms with E-state index in [4.69, 9.17) is 4.74 Å². The van der Waals surface area contributed by atoms with E-state index in [1.165, 1.54) is 5.56 Å². The zero-order valence-corrected chi connectivity index (χ0v) is 8.26. The summed E-state index contributed by atoms with van der Waals surface area (Å²) in [5.74, 6) is 1.01. The van der Waals surface area contributed by atoms with Crippen LogP contribution in [0.4, 0.5) is 0 Å². The number of ether oxygens (including phenoxy) is 1. The van der Waals surface area contributed by atoms with E-state index in [0.29, 0.717) is 0 Å². The minimum atomic E-state index is 0.135. The summed E-state index contributed by atoms with van der Waals surface area (Å²) in [6, 6.07) is 12.2. The van der Waals surface area contributed by atoms with Crippen molar-refractivity contribution in [1.82, 2.24) is 4.98 Å². The molecule has 2 aromatic rings. The van der Waals surface area contributed by atoms with Crippen LogP contribution in [0.25, 0.3) is 0 Å². The standard InChI is InChI=1S/C13H11NO/c1-2-6-12-10(4-1)8-13(15-12)11-5-3-7-14-9-11/h1-7,9,13H,8H2/t13-/m0/s1. The van der Waals surface area contributed by atoms with E-state index in [1.807, 2.05) is 30.5 Å². The lowest BCUT2D eigenvalue weighted by molar-refractivity contribution is 0.238. The summed E-state index contributed by atoms with van der Waals surface area (Å²) >= 11 is 0. The third kappa shape index (κ3) is 1.48. The number of nitrogens with zero attached hydrogens (tertiary/aromatic N) is 1. The van der Waals surface area contributed by atoms with Gasteiger partial charge in [0.25, 0.3) is 0 Å². The first-order valence-electron chi connectivity index (χ1n) is 5.08. The van der Waals surface area contributed by atoms with E-state index < -0.39 is 0 Å². The minimum Gasteiger partial charge on any atom is -0.485 e. The summed E-state index contributed by atoms with van der Waals surface area (Å²) in [5, 5.41) is 0. The van der Waals surface area contributed by atoms with Gasteiger partial charge in [-0.2, -0.15) is 0 Å². The van der Waals surface area contributed by atoms with Crippen LogP contribution in [0, 0.1) is 0 Å². The SMILES string of the molecule is c1cncc([C@@H]2Cc3ccccc3O2)c1. The first-order chi connectivity index (χ1) is 7.43. The molecule has 1 aromatic carbocycles. The molecule has 1 atom stereocenters. The molecule has 0 saturated carbocycles. The van der Waals surface area contributed by atoms with Crippen LogP contribution in [0.5, 0.6) is 5.75 Å². The number of fused-ring (bicyclic) bond motifs is 1. The molecule has 2 nitrogen and oxygen atoms in total. The Balaban J connectivity index is 1.91. The van der Waals surface area contributed by atoms with E-state index in [2.05, 4.69) is 17.1 Å². The van der Waals surface area contributed by atoms with Gasteiger partial charge in [0.05, 0.1) is 0 Å². The molecule has 0 fully saturated rings. The topological polar surface area (TPSA) is 22.1 Å². The van der Waals surface area contributed by atoms with E-state index in [9.17, 15) is 0 Å². The first-order valence-corrected chi connectivity index (χ1v) is 5.08. The average molecular weight is 197 g/mol. The van der Waals surface area contributed by atoms with Gasteiger partial charge in [-0.15, -0.1) is 0 Å². The van der Waals surface area contributed by atoms with Gasteiger partial charge in [0.2, 0.25) is 0 Å². The summed E-state index contributed by atoms with van der Waals surface area (Å²) in [6.45, 7) is 0. The van der Waals surface area contributed by atoms with Gasteiger partial charge in [0.15, 0.2) is 0 Å². The Bertz CT molecular complexity index is 442. The summed E-state index contributed by atoms with van der Waals surface area (Å²) in [4.78, 5) is 4.11. The van der Waals surface area contributed by atoms with Gasteiger partial charge in [0, 0.05) is 24.4 Å². The zero-order valence-electron chi connectivity index (χ0n) is 8.26. The molecule has 2 heterocycles. The normalized spacial score (nSPS) is 18.3. The molecule has 0 radical (unpaired) electrons. The Morgan fingerprint density at radius 2 is 2.07 bits per heavy atom. The lowest BCUT2D eigenvalue weighted by Crippen LogP contribution is -2.02. The van der Waals surface area contributed by atoms with Crippen LogP contribution in [0.1, 0.15) is 17.2 Å². The minimum absolute atomic E-state index is 0.135. The van der Waals surface area contributed by atoms with Crippen LogP contribution in [0.15, 0.2) is 48.8 Å². The third-order valence-corrected chi connectivity index (χ3v) is 2.70. The van der Waals surface area contributed by atoms with E-state index in [0.717, 1.165) is 17.7 Å². The number of para-hydroxylation sites is 1. The third-order valence-electron chi connectivity index (χ3n) is 2.70. The summed E-state index contributed by atoms with van der Waals surface area (Å²) in [7, 11) is 0. The molecule has 0 unspecified atom stereocenters. The Morgan fingerprint density at radius 3 is 2.87 bits per heavy atom. The fraction of sp³-hybridized carbons (Fsp3) is 0.154. The summed E-state index contributed by atoms with van der Waals surface area (Å²) in [5.41, 5.74) is 2.43. The maximum absolute atomic E-state index is 5.85. The zero-order chi connectivity index (χ0) is 10.1. The molecule has 1 aliphatic heterocycles. The van der Waals surface area contributed by atoms with E-state index >= 15 is 0 Å². The van der Waals surface area contributed by atoms with Crippen molar-refractivity contribution in [3.63, 3.8) is 0 Å². The monoisotopic (exact) mass is 197 g/mol. The van der Waals surface area contributed by atoms with Crippen LogP contribution in [-0.4, -0.2) is 4.98 Å². The maximum atomic E-state index is 5.85. The Morgan fingerprint density at radius 1 is 1.13 bits per heavy atom. The molecule has 0 spiro atoms. The largest absolute Gasteiger partial charge is 0.485 e. The number of rotatable bonds is 1. The highest BCUT2D eigenvalue weighted by Crippen LogP contribution is 2.35. The van der Waals surface area contributed by atoms with Crippen molar-refractivity contribution in [2.24, 2.45) is 0 Å². The van der Waals surface area contributed by atoms with Crippen molar-refractivity contribution in [3.05, 3.63) is 59.9 Å². The molecular weight excluding hydrogens is 186 g/mol. The van der Waals surface area contributed by atoms with Crippen molar-refractivity contribution >= 4 is 0 Å². The van der Waals surface area contributed by atoms with Gasteiger partial charge in [-0.05, 0) is 17.7 Å². The molecule has 2 heteroatoms. The Labute approximate surface area is 88.5 Å². The highest BCUT2D eigenvalue weighted by molar-refractivity contribution is 5.39.